The minimum absolute atomic E-state index is 0.518. The maximum absolute atomic E-state index is 5.09. The highest BCUT2D eigenvalue weighted by molar-refractivity contribution is 7.27. The van der Waals surface area contributed by atoms with E-state index in [1.165, 1.54) is 75.8 Å². The molecule has 66 heavy (non-hydrogen) atoms. The second kappa shape index (κ2) is 15.7. The molecule has 0 amide bonds. The normalized spacial score (nSPS) is 12.7. The highest BCUT2D eigenvalue weighted by atomic mass is 32.1. The Labute approximate surface area is 392 Å². The van der Waals surface area contributed by atoms with Crippen LogP contribution in [0.5, 0.6) is 0 Å². The minimum Gasteiger partial charge on any atom is -0.310 e. The average molecular weight is 877 g/mol. The molecule has 12 aromatic rings. The summed E-state index contributed by atoms with van der Waals surface area (Å²) in [5.74, 6) is 0. The van der Waals surface area contributed by atoms with Crippen LogP contribution in [0.3, 0.4) is 0 Å². The van der Waals surface area contributed by atoms with Crippen LogP contribution in [-0.2, 0) is 5.41 Å². The number of anilines is 3. The van der Waals surface area contributed by atoms with Gasteiger partial charge in [-0.25, -0.2) is 4.98 Å². The summed E-state index contributed by atoms with van der Waals surface area (Å²) < 4.78 is 3.78. The van der Waals surface area contributed by atoms with E-state index in [9.17, 15) is 0 Å². The van der Waals surface area contributed by atoms with Gasteiger partial charge in [-0.3, -0.25) is 0 Å². The Morgan fingerprint density at radius 1 is 0.348 bits per heavy atom. The first-order valence-corrected chi connectivity index (χ1v) is 24.1. The lowest BCUT2D eigenvalue weighted by Gasteiger charge is -2.35. The Morgan fingerprint density at radius 2 is 0.848 bits per heavy atom. The van der Waals surface area contributed by atoms with Crippen molar-refractivity contribution in [3.63, 3.8) is 0 Å². The monoisotopic (exact) mass is 876 g/mol. The van der Waals surface area contributed by atoms with Crippen LogP contribution in [-0.4, -0.2) is 4.98 Å². The standard InChI is InChI=1S/C62H40N2S2/c1-5-17-41(18-6-1)49-26-15-28-53-54-29-16-27-50(60(54)66-59(49)53)42-31-33-46(34-32-42)64(48-36-38-57-58(40-48)65-61(63-57)43-19-7-2-8-20-43)47-35-37-52-51-25-13-14-30-55(51)62(56(52)39-47,44-21-9-3-10-22-44)45-23-11-4-12-24-45/h1-40H. The Hall–Kier alpha value is -7.89. The minimum atomic E-state index is -0.518. The summed E-state index contributed by atoms with van der Waals surface area (Å²) in [5, 5.41) is 3.62. The van der Waals surface area contributed by atoms with Gasteiger partial charge in [-0.1, -0.05) is 200 Å². The fraction of sp³-hybridized carbons (Fsp3) is 0.0161. The zero-order valence-corrected chi connectivity index (χ0v) is 37.4. The van der Waals surface area contributed by atoms with Crippen LogP contribution in [0, 0.1) is 0 Å². The van der Waals surface area contributed by atoms with Gasteiger partial charge in [-0.15, -0.1) is 22.7 Å². The maximum Gasteiger partial charge on any atom is 0.124 e. The summed E-state index contributed by atoms with van der Waals surface area (Å²) in [6, 6.07) is 88.9. The zero-order valence-electron chi connectivity index (χ0n) is 35.8. The first kappa shape index (κ1) is 38.6. The van der Waals surface area contributed by atoms with Crippen LogP contribution in [0.1, 0.15) is 22.3 Å². The Morgan fingerprint density at radius 3 is 1.50 bits per heavy atom. The van der Waals surface area contributed by atoms with E-state index in [4.69, 9.17) is 4.98 Å². The Bertz CT molecular complexity index is 3700. The summed E-state index contributed by atoms with van der Waals surface area (Å²) in [6.45, 7) is 0. The number of nitrogens with zero attached hydrogens (tertiary/aromatic N) is 2. The number of aromatic nitrogens is 1. The molecule has 310 valence electrons. The second-order valence-electron chi connectivity index (χ2n) is 17.0. The molecule has 1 aliphatic rings. The average Bonchev–Trinajstić information content (AvgIpc) is 4.09. The van der Waals surface area contributed by atoms with E-state index in [2.05, 4.69) is 248 Å². The Balaban J connectivity index is 0.992. The Kier molecular flexibility index (Phi) is 9.16. The van der Waals surface area contributed by atoms with Crippen LogP contribution in [0.4, 0.5) is 17.1 Å². The van der Waals surface area contributed by atoms with Gasteiger partial charge in [0.2, 0.25) is 0 Å². The third-order valence-corrected chi connectivity index (χ3v) is 15.8. The summed E-state index contributed by atoms with van der Waals surface area (Å²) >= 11 is 3.64. The van der Waals surface area contributed by atoms with Crippen molar-refractivity contribution in [2.75, 3.05) is 4.90 Å². The number of hydrogen-bond acceptors (Lipinski definition) is 4. The molecule has 0 saturated carbocycles. The van der Waals surface area contributed by atoms with E-state index >= 15 is 0 Å². The van der Waals surface area contributed by atoms with Gasteiger partial charge >= 0.3 is 0 Å². The van der Waals surface area contributed by atoms with Gasteiger partial charge in [-0.05, 0) is 98.1 Å². The molecule has 10 aromatic carbocycles. The van der Waals surface area contributed by atoms with Crippen molar-refractivity contribution >= 4 is 70.1 Å². The van der Waals surface area contributed by atoms with Crippen molar-refractivity contribution in [1.82, 2.24) is 4.98 Å². The summed E-state index contributed by atoms with van der Waals surface area (Å²) in [7, 11) is 0. The molecule has 0 saturated heterocycles. The lowest BCUT2D eigenvalue weighted by molar-refractivity contribution is 0.768. The molecule has 13 rings (SSSR count). The van der Waals surface area contributed by atoms with Crippen LogP contribution in [0.15, 0.2) is 243 Å². The predicted molar refractivity (Wildman–Crippen MR) is 281 cm³/mol. The highest BCUT2D eigenvalue weighted by Gasteiger charge is 2.46. The molecule has 0 unspecified atom stereocenters. The van der Waals surface area contributed by atoms with Crippen LogP contribution >= 0.6 is 22.7 Å². The van der Waals surface area contributed by atoms with E-state index in [-0.39, 0.29) is 0 Å². The molecule has 0 aliphatic heterocycles. The van der Waals surface area contributed by atoms with Crippen LogP contribution in [0.25, 0.3) is 74.3 Å². The molecule has 0 spiro atoms. The number of thiophene rings is 1. The van der Waals surface area contributed by atoms with E-state index in [1.54, 1.807) is 11.3 Å². The number of thiazole rings is 1. The van der Waals surface area contributed by atoms with Crippen molar-refractivity contribution in [3.8, 4) is 44.0 Å². The van der Waals surface area contributed by atoms with Gasteiger partial charge in [0.05, 0.1) is 15.6 Å². The molecule has 0 N–H and O–H groups in total. The van der Waals surface area contributed by atoms with Gasteiger partial charge < -0.3 is 4.90 Å². The maximum atomic E-state index is 5.09. The third kappa shape index (κ3) is 6.10. The van der Waals surface area contributed by atoms with E-state index < -0.39 is 5.41 Å². The lowest BCUT2D eigenvalue weighted by Crippen LogP contribution is -2.28. The quantitative estimate of drug-likeness (QED) is 0.151. The van der Waals surface area contributed by atoms with E-state index in [0.29, 0.717) is 0 Å². The molecule has 2 nitrogen and oxygen atoms in total. The van der Waals surface area contributed by atoms with Gasteiger partial charge in [0.15, 0.2) is 0 Å². The second-order valence-corrected chi connectivity index (χ2v) is 19.1. The molecule has 1 aliphatic carbocycles. The molecule has 0 radical (unpaired) electrons. The largest absolute Gasteiger partial charge is 0.310 e. The van der Waals surface area contributed by atoms with Crippen molar-refractivity contribution < 1.29 is 0 Å². The van der Waals surface area contributed by atoms with Crippen molar-refractivity contribution in [2.45, 2.75) is 5.41 Å². The fourth-order valence-electron chi connectivity index (χ4n) is 10.5. The third-order valence-electron chi connectivity index (χ3n) is 13.4. The van der Waals surface area contributed by atoms with Gasteiger partial charge in [-0.2, -0.15) is 0 Å². The molecule has 4 heteroatoms. The van der Waals surface area contributed by atoms with Crippen molar-refractivity contribution in [3.05, 3.63) is 265 Å². The van der Waals surface area contributed by atoms with Crippen molar-refractivity contribution in [2.24, 2.45) is 0 Å². The molecular weight excluding hydrogens is 837 g/mol. The van der Waals surface area contributed by atoms with Gasteiger partial charge in [0.25, 0.3) is 0 Å². The predicted octanol–water partition coefficient (Wildman–Crippen LogP) is 17.5. The molecule has 0 fully saturated rings. The molecule has 0 atom stereocenters. The van der Waals surface area contributed by atoms with Gasteiger partial charge in [0, 0.05) is 42.8 Å². The van der Waals surface area contributed by atoms with E-state index in [0.717, 1.165) is 37.8 Å². The van der Waals surface area contributed by atoms with Crippen LogP contribution < -0.4 is 4.90 Å². The zero-order chi connectivity index (χ0) is 43.6. The highest BCUT2D eigenvalue weighted by Crippen LogP contribution is 2.57. The van der Waals surface area contributed by atoms with Crippen LogP contribution in [0.2, 0.25) is 0 Å². The van der Waals surface area contributed by atoms with Gasteiger partial charge in [0.1, 0.15) is 5.01 Å². The van der Waals surface area contributed by atoms with E-state index in [1.807, 2.05) is 11.3 Å². The number of benzene rings is 10. The van der Waals surface area contributed by atoms with Crippen molar-refractivity contribution in [1.29, 1.82) is 0 Å². The SMILES string of the molecule is c1ccc(-c2nc3ccc(N(c4ccc(-c5cccc6c5sc5c(-c7ccccc7)cccc56)cc4)c4ccc5c(c4)C(c4ccccc4)(c4ccccc4)c4ccccc4-5)cc3s2)cc1. The smallest absolute Gasteiger partial charge is 0.124 e. The number of rotatable bonds is 8. The number of hydrogen-bond donors (Lipinski definition) is 0. The summed E-state index contributed by atoms with van der Waals surface area (Å²) in [6.07, 6.45) is 0. The summed E-state index contributed by atoms with van der Waals surface area (Å²) in [5.41, 5.74) is 17.5. The summed E-state index contributed by atoms with van der Waals surface area (Å²) in [4.78, 5) is 7.53. The molecular formula is C62H40N2S2. The first-order valence-electron chi connectivity index (χ1n) is 22.4. The first-order chi connectivity index (χ1) is 32.7. The number of fused-ring (bicyclic) bond motifs is 7. The molecule has 2 heterocycles. The molecule has 0 bridgehead atoms. The topological polar surface area (TPSA) is 16.1 Å². The lowest BCUT2D eigenvalue weighted by atomic mass is 9.67. The fourth-order valence-corrected chi connectivity index (χ4v) is 12.8. The molecule has 2 aromatic heterocycles.